The van der Waals surface area contributed by atoms with Crippen LogP contribution in [0.1, 0.15) is 25.6 Å². The van der Waals surface area contributed by atoms with Crippen LogP contribution in [0.2, 0.25) is 0 Å². The number of fused-ring (bicyclic) bond motifs is 1. The second-order valence-electron chi connectivity index (χ2n) is 5.79. The zero-order chi connectivity index (χ0) is 14.3. The van der Waals surface area contributed by atoms with Crippen LogP contribution in [0.4, 0.5) is 5.69 Å². The largest absolute Gasteiger partial charge is 0.399 e. The molecule has 1 unspecified atom stereocenters. The smallest absolute Gasteiger partial charge is 0.135 e. The molecule has 0 saturated heterocycles. The molecule has 1 aromatic heterocycles. The molecule has 1 heterocycles. The molecule has 5 heteroatoms. The van der Waals surface area contributed by atoms with Gasteiger partial charge in [-0.25, -0.2) is 4.98 Å². The first kappa shape index (κ1) is 13.4. The number of benzene rings is 1. The van der Waals surface area contributed by atoms with Crippen LogP contribution in [0.3, 0.4) is 0 Å². The quantitative estimate of drug-likeness (QED) is 0.813. The predicted molar refractivity (Wildman–Crippen MR) is 80.3 cm³/mol. The van der Waals surface area contributed by atoms with Gasteiger partial charge in [-0.2, -0.15) is 0 Å². The molecule has 0 radical (unpaired) electrons. The summed E-state index contributed by atoms with van der Waals surface area (Å²) in [6.45, 7) is 3.01. The Hall–Kier alpha value is -1.59. The summed E-state index contributed by atoms with van der Waals surface area (Å²) < 4.78 is 2.11. The van der Waals surface area contributed by atoms with Crippen LogP contribution in [0.5, 0.6) is 0 Å². The van der Waals surface area contributed by atoms with Crippen molar-refractivity contribution in [3.8, 4) is 0 Å². The Kier molecular flexibility index (Phi) is 3.40. The standard InChI is InChI=1S/C15H22N4O/c1-10(18(2)12-4-5-12)8-19-14-6-3-11(16)7-13(14)17-15(19)9-20/h3,6-7,10,12,20H,4-5,8-9,16H2,1-2H3. The first-order chi connectivity index (χ1) is 9.60. The zero-order valence-electron chi connectivity index (χ0n) is 12.1. The average Bonchev–Trinajstić information content (AvgIpc) is 3.22. The van der Waals surface area contributed by atoms with Crippen LogP contribution in [-0.2, 0) is 13.2 Å². The van der Waals surface area contributed by atoms with Gasteiger partial charge >= 0.3 is 0 Å². The maximum Gasteiger partial charge on any atom is 0.135 e. The molecule has 20 heavy (non-hydrogen) atoms. The molecule has 1 aliphatic carbocycles. The van der Waals surface area contributed by atoms with E-state index in [0.29, 0.717) is 17.6 Å². The number of imidazole rings is 1. The second-order valence-corrected chi connectivity index (χ2v) is 5.79. The predicted octanol–water partition coefficient (Wildman–Crippen LogP) is 1.59. The van der Waals surface area contributed by atoms with E-state index >= 15 is 0 Å². The number of aromatic nitrogens is 2. The van der Waals surface area contributed by atoms with Gasteiger partial charge < -0.3 is 15.4 Å². The third-order valence-corrected chi connectivity index (χ3v) is 4.26. The van der Waals surface area contributed by atoms with Crippen LogP contribution < -0.4 is 5.73 Å². The lowest BCUT2D eigenvalue weighted by atomic mass is 10.2. The number of aliphatic hydroxyl groups excluding tert-OH is 1. The number of nitrogens with zero attached hydrogens (tertiary/aromatic N) is 3. The van der Waals surface area contributed by atoms with E-state index in [4.69, 9.17) is 5.73 Å². The van der Waals surface area contributed by atoms with Gasteiger partial charge in [0.05, 0.1) is 11.0 Å². The molecule has 0 amide bonds. The summed E-state index contributed by atoms with van der Waals surface area (Å²) in [6, 6.07) is 6.88. The van der Waals surface area contributed by atoms with E-state index in [-0.39, 0.29) is 6.61 Å². The van der Waals surface area contributed by atoms with E-state index in [2.05, 4.69) is 28.4 Å². The van der Waals surface area contributed by atoms with Crippen molar-refractivity contribution >= 4 is 16.7 Å². The van der Waals surface area contributed by atoms with E-state index in [1.165, 1.54) is 12.8 Å². The highest BCUT2D eigenvalue weighted by Crippen LogP contribution is 2.28. The fraction of sp³-hybridized carbons (Fsp3) is 0.533. The molecule has 0 bridgehead atoms. The van der Waals surface area contributed by atoms with Gasteiger partial charge in [-0.15, -0.1) is 0 Å². The number of likely N-dealkylation sites (N-methyl/N-ethyl adjacent to an activating group) is 1. The van der Waals surface area contributed by atoms with Gasteiger partial charge in [0.25, 0.3) is 0 Å². The van der Waals surface area contributed by atoms with Gasteiger partial charge in [0, 0.05) is 24.3 Å². The minimum absolute atomic E-state index is 0.0472. The zero-order valence-corrected chi connectivity index (χ0v) is 12.1. The third kappa shape index (κ3) is 2.39. The fourth-order valence-corrected chi connectivity index (χ4v) is 2.76. The summed E-state index contributed by atoms with van der Waals surface area (Å²) in [7, 11) is 2.18. The highest BCUT2D eigenvalue weighted by atomic mass is 16.3. The van der Waals surface area contributed by atoms with Gasteiger partial charge in [0.1, 0.15) is 12.4 Å². The van der Waals surface area contributed by atoms with E-state index in [0.717, 1.165) is 23.6 Å². The molecular formula is C15H22N4O. The van der Waals surface area contributed by atoms with Crippen LogP contribution in [-0.4, -0.2) is 38.7 Å². The number of aliphatic hydroxyl groups is 1. The summed E-state index contributed by atoms with van der Waals surface area (Å²) in [5.74, 6) is 0.710. The van der Waals surface area contributed by atoms with E-state index < -0.39 is 0 Å². The van der Waals surface area contributed by atoms with Gasteiger partial charge in [0.2, 0.25) is 0 Å². The van der Waals surface area contributed by atoms with Crippen molar-refractivity contribution in [2.75, 3.05) is 12.8 Å². The SMILES string of the molecule is CC(Cn1c(CO)nc2cc(N)ccc21)N(C)C1CC1. The lowest BCUT2D eigenvalue weighted by Gasteiger charge is -2.25. The lowest BCUT2D eigenvalue weighted by molar-refractivity contribution is 0.217. The van der Waals surface area contributed by atoms with Crippen molar-refractivity contribution in [3.05, 3.63) is 24.0 Å². The van der Waals surface area contributed by atoms with Crippen molar-refractivity contribution in [2.24, 2.45) is 0 Å². The molecule has 3 N–H and O–H groups in total. The first-order valence-corrected chi connectivity index (χ1v) is 7.17. The number of nitrogen functional groups attached to an aromatic ring is 1. The summed E-state index contributed by atoms with van der Waals surface area (Å²) >= 11 is 0. The monoisotopic (exact) mass is 274 g/mol. The molecule has 5 nitrogen and oxygen atoms in total. The Morgan fingerprint density at radius 1 is 1.50 bits per heavy atom. The second kappa shape index (κ2) is 5.07. The number of hydrogen-bond acceptors (Lipinski definition) is 4. The minimum atomic E-state index is -0.0472. The highest BCUT2D eigenvalue weighted by molar-refractivity contribution is 5.79. The summed E-state index contributed by atoms with van der Waals surface area (Å²) in [6.07, 6.45) is 2.60. The Morgan fingerprint density at radius 2 is 2.25 bits per heavy atom. The molecule has 3 rings (SSSR count). The molecular weight excluding hydrogens is 252 g/mol. The summed E-state index contributed by atoms with van der Waals surface area (Å²) in [5, 5.41) is 9.53. The Bertz CT molecular complexity index is 618. The fourth-order valence-electron chi connectivity index (χ4n) is 2.76. The number of anilines is 1. The molecule has 1 aliphatic rings. The molecule has 0 spiro atoms. The summed E-state index contributed by atoms with van der Waals surface area (Å²) in [4.78, 5) is 6.90. The molecule has 2 aromatic rings. The van der Waals surface area contributed by atoms with Crippen LogP contribution in [0.25, 0.3) is 11.0 Å². The van der Waals surface area contributed by atoms with Crippen LogP contribution in [0.15, 0.2) is 18.2 Å². The van der Waals surface area contributed by atoms with Gasteiger partial charge in [-0.05, 0) is 45.0 Å². The molecule has 1 saturated carbocycles. The van der Waals surface area contributed by atoms with E-state index in [1.807, 2.05) is 18.2 Å². The van der Waals surface area contributed by atoms with Crippen molar-refractivity contribution in [3.63, 3.8) is 0 Å². The molecule has 1 aromatic carbocycles. The normalized spacial score (nSPS) is 17.0. The third-order valence-electron chi connectivity index (χ3n) is 4.26. The van der Waals surface area contributed by atoms with Crippen LogP contribution >= 0.6 is 0 Å². The van der Waals surface area contributed by atoms with Gasteiger partial charge in [-0.3, -0.25) is 4.90 Å². The van der Waals surface area contributed by atoms with Crippen LogP contribution in [0, 0.1) is 0 Å². The number of rotatable bonds is 5. The first-order valence-electron chi connectivity index (χ1n) is 7.17. The van der Waals surface area contributed by atoms with Gasteiger partial charge in [0.15, 0.2) is 0 Å². The Morgan fingerprint density at radius 3 is 2.90 bits per heavy atom. The average molecular weight is 274 g/mol. The Labute approximate surface area is 119 Å². The van der Waals surface area contributed by atoms with E-state index in [9.17, 15) is 5.11 Å². The van der Waals surface area contributed by atoms with Crippen molar-refractivity contribution < 1.29 is 5.11 Å². The lowest BCUT2D eigenvalue weighted by Crippen LogP contribution is -2.34. The van der Waals surface area contributed by atoms with Crippen molar-refractivity contribution in [1.82, 2.24) is 14.5 Å². The minimum Gasteiger partial charge on any atom is -0.399 e. The number of nitrogens with two attached hydrogens (primary N) is 1. The van der Waals surface area contributed by atoms with Gasteiger partial charge in [-0.1, -0.05) is 0 Å². The molecule has 1 atom stereocenters. The van der Waals surface area contributed by atoms with Crippen molar-refractivity contribution in [2.45, 2.75) is 45.0 Å². The molecule has 0 aliphatic heterocycles. The maximum atomic E-state index is 9.53. The molecule has 108 valence electrons. The maximum absolute atomic E-state index is 9.53. The topological polar surface area (TPSA) is 67.3 Å². The van der Waals surface area contributed by atoms with E-state index in [1.54, 1.807) is 0 Å². The van der Waals surface area contributed by atoms with Crippen molar-refractivity contribution in [1.29, 1.82) is 0 Å². The number of hydrogen-bond donors (Lipinski definition) is 2. The molecule has 1 fully saturated rings. The Balaban J connectivity index is 1.92. The summed E-state index contributed by atoms with van der Waals surface area (Å²) in [5.41, 5.74) is 8.40. The highest BCUT2D eigenvalue weighted by Gasteiger charge is 2.29.